The molecule has 0 bridgehead atoms. The van der Waals surface area contributed by atoms with Gasteiger partial charge in [0, 0.05) is 17.9 Å². The number of carboxylic acids is 1. The van der Waals surface area contributed by atoms with Crippen LogP contribution >= 0.6 is 11.8 Å². The topological polar surface area (TPSA) is 109 Å². The first-order valence-corrected chi connectivity index (χ1v) is 9.19. The quantitative estimate of drug-likeness (QED) is 0.580. The highest BCUT2D eigenvalue weighted by Crippen LogP contribution is 2.21. The summed E-state index contributed by atoms with van der Waals surface area (Å²) < 4.78 is 4.96. The molecule has 0 saturated heterocycles. The number of rotatable bonds is 9. The third kappa shape index (κ3) is 5.96. The summed E-state index contributed by atoms with van der Waals surface area (Å²) in [4.78, 5) is 36.0. The molecule has 0 spiro atoms. The van der Waals surface area contributed by atoms with Gasteiger partial charge in [0.1, 0.15) is 0 Å². The van der Waals surface area contributed by atoms with Gasteiger partial charge in [-0.05, 0) is 36.1 Å². The lowest BCUT2D eigenvalue weighted by atomic mass is 10.0. The fraction of sp³-hybridized carbons (Fsp3) is 0.278. The minimum absolute atomic E-state index is 0.0332. The number of furan rings is 1. The Hall–Kier alpha value is -2.74. The van der Waals surface area contributed by atoms with Gasteiger partial charge in [-0.3, -0.25) is 14.4 Å². The van der Waals surface area contributed by atoms with E-state index in [4.69, 9.17) is 9.52 Å². The summed E-state index contributed by atoms with van der Waals surface area (Å²) in [5.74, 6) is -1.58. The van der Waals surface area contributed by atoms with Crippen molar-refractivity contribution in [3.05, 3.63) is 54.0 Å². The minimum atomic E-state index is -1.00. The molecule has 0 fully saturated rings. The molecule has 0 aliphatic carbocycles. The molecular formula is C18H20N2O5S. The number of amides is 2. The van der Waals surface area contributed by atoms with E-state index < -0.39 is 17.9 Å². The number of carboxylic acid groups (broad SMARTS) is 1. The Kier molecular flexibility index (Phi) is 7.28. The minimum Gasteiger partial charge on any atom is -0.481 e. The molecule has 2 rings (SSSR count). The number of nitrogens with one attached hydrogen (secondary N) is 2. The number of hydrogen-bond acceptors (Lipinski definition) is 5. The van der Waals surface area contributed by atoms with E-state index in [-0.39, 0.29) is 31.1 Å². The number of benzene rings is 1. The third-order valence-corrected chi connectivity index (χ3v) is 4.36. The van der Waals surface area contributed by atoms with E-state index >= 15 is 0 Å². The van der Waals surface area contributed by atoms with Crippen molar-refractivity contribution in [3.63, 3.8) is 0 Å². The summed E-state index contributed by atoms with van der Waals surface area (Å²) in [6.45, 7) is 0.122. The maximum Gasteiger partial charge on any atom is 0.305 e. The number of hydrogen-bond donors (Lipinski definition) is 3. The molecule has 2 amide bonds. The number of carbonyl (C=O) groups is 3. The molecule has 3 N–H and O–H groups in total. The van der Waals surface area contributed by atoms with E-state index in [1.807, 2.05) is 18.4 Å². The predicted octanol–water partition coefficient (Wildman–Crippen LogP) is 2.45. The van der Waals surface area contributed by atoms with Gasteiger partial charge >= 0.3 is 5.97 Å². The Morgan fingerprint density at radius 1 is 1.19 bits per heavy atom. The van der Waals surface area contributed by atoms with Crippen molar-refractivity contribution in [2.75, 3.05) is 12.8 Å². The van der Waals surface area contributed by atoms with Crippen LogP contribution in [0.5, 0.6) is 0 Å². The smallest absolute Gasteiger partial charge is 0.305 e. The first-order chi connectivity index (χ1) is 12.5. The van der Waals surface area contributed by atoms with Crippen LogP contribution in [0.1, 0.15) is 35.0 Å². The molecule has 0 radical (unpaired) electrons. The normalized spacial score (nSPS) is 11.6. The number of thioether (sulfide) groups is 1. The zero-order valence-corrected chi connectivity index (χ0v) is 15.0. The highest BCUT2D eigenvalue weighted by atomic mass is 32.2. The molecule has 8 heteroatoms. The van der Waals surface area contributed by atoms with Crippen LogP contribution in [-0.4, -0.2) is 35.7 Å². The van der Waals surface area contributed by atoms with E-state index in [0.717, 1.165) is 10.5 Å². The lowest BCUT2D eigenvalue weighted by molar-refractivity contribution is -0.137. The van der Waals surface area contributed by atoms with Crippen molar-refractivity contribution in [3.8, 4) is 0 Å². The average molecular weight is 376 g/mol. The van der Waals surface area contributed by atoms with Crippen LogP contribution in [0, 0.1) is 0 Å². The van der Waals surface area contributed by atoms with Crippen molar-refractivity contribution >= 4 is 29.5 Å². The maximum absolute atomic E-state index is 12.1. The molecule has 1 aromatic carbocycles. The van der Waals surface area contributed by atoms with Crippen molar-refractivity contribution in [2.45, 2.75) is 23.8 Å². The first-order valence-electron chi connectivity index (χ1n) is 7.96. The van der Waals surface area contributed by atoms with E-state index in [2.05, 4.69) is 10.6 Å². The lowest BCUT2D eigenvalue weighted by Crippen LogP contribution is -2.33. The van der Waals surface area contributed by atoms with Gasteiger partial charge in [-0.15, -0.1) is 11.8 Å². The molecule has 0 aliphatic heterocycles. The summed E-state index contributed by atoms with van der Waals surface area (Å²) in [5, 5.41) is 14.4. The van der Waals surface area contributed by atoms with Crippen LogP contribution in [0.3, 0.4) is 0 Å². The SMILES string of the molecule is CSc1ccc(C(CC(=O)O)NC(=O)CCNC(=O)c2ccco2)cc1. The average Bonchev–Trinajstić information content (AvgIpc) is 3.15. The largest absolute Gasteiger partial charge is 0.481 e. The summed E-state index contributed by atoms with van der Waals surface area (Å²) in [6.07, 6.45) is 3.15. The van der Waals surface area contributed by atoms with E-state index in [9.17, 15) is 14.4 Å². The highest BCUT2D eigenvalue weighted by Gasteiger charge is 2.18. The molecule has 2 aromatic rings. The molecule has 1 aromatic heterocycles. The summed E-state index contributed by atoms with van der Waals surface area (Å²) in [5.41, 5.74) is 0.721. The standard InChI is InChI=1S/C18H20N2O5S/c1-26-13-6-4-12(5-7-13)14(11-17(22)23)20-16(21)8-9-19-18(24)15-3-2-10-25-15/h2-7,10,14H,8-9,11H2,1H3,(H,19,24)(H,20,21)(H,22,23). The monoisotopic (exact) mass is 376 g/mol. The van der Waals surface area contributed by atoms with Gasteiger partial charge in [-0.2, -0.15) is 0 Å². The lowest BCUT2D eigenvalue weighted by Gasteiger charge is -2.18. The zero-order valence-electron chi connectivity index (χ0n) is 14.2. The number of carbonyl (C=O) groups excluding carboxylic acids is 2. The second kappa shape index (κ2) is 9.67. The molecule has 138 valence electrons. The van der Waals surface area contributed by atoms with Crippen LogP contribution in [-0.2, 0) is 9.59 Å². The first kappa shape index (κ1) is 19.6. The van der Waals surface area contributed by atoms with Gasteiger partial charge in [0.2, 0.25) is 5.91 Å². The van der Waals surface area contributed by atoms with E-state index in [1.54, 1.807) is 30.0 Å². The third-order valence-electron chi connectivity index (χ3n) is 3.61. The van der Waals surface area contributed by atoms with Gasteiger partial charge in [0.15, 0.2) is 5.76 Å². The van der Waals surface area contributed by atoms with Gasteiger partial charge in [0.25, 0.3) is 5.91 Å². The molecule has 0 aliphatic rings. The Bertz CT molecular complexity index is 743. The Morgan fingerprint density at radius 3 is 2.50 bits per heavy atom. The molecule has 7 nitrogen and oxygen atoms in total. The van der Waals surface area contributed by atoms with Crippen LogP contribution < -0.4 is 10.6 Å². The summed E-state index contributed by atoms with van der Waals surface area (Å²) >= 11 is 1.58. The molecule has 26 heavy (non-hydrogen) atoms. The van der Waals surface area contributed by atoms with E-state index in [0.29, 0.717) is 0 Å². The highest BCUT2D eigenvalue weighted by molar-refractivity contribution is 7.98. The molecule has 0 saturated carbocycles. The fourth-order valence-corrected chi connectivity index (χ4v) is 2.72. The van der Waals surface area contributed by atoms with Crippen LogP contribution in [0.2, 0.25) is 0 Å². The van der Waals surface area contributed by atoms with Crippen molar-refractivity contribution in [2.24, 2.45) is 0 Å². The van der Waals surface area contributed by atoms with E-state index in [1.165, 1.54) is 12.3 Å². The molecular weight excluding hydrogens is 356 g/mol. The second-order valence-corrected chi connectivity index (χ2v) is 6.35. The second-order valence-electron chi connectivity index (χ2n) is 5.47. The molecule has 1 unspecified atom stereocenters. The van der Waals surface area contributed by atoms with Gasteiger partial charge in [-0.1, -0.05) is 12.1 Å². The fourth-order valence-electron chi connectivity index (χ4n) is 2.31. The van der Waals surface area contributed by atoms with Gasteiger partial charge in [0.05, 0.1) is 18.7 Å². The maximum atomic E-state index is 12.1. The molecule has 1 atom stereocenters. The van der Waals surface area contributed by atoms with Crippen LogP contribution in [0.4, 0.5) is 0 Å². The number of aliphatic carboxylic acids is 1. The van der Waals surface area contributed by atoms with Crippen molar-refractivity contribution < 1.29 is 23.9 Å². The van der Waals surface area contributed by atoms with Gasteiger partial charge in [-0.25, -0.2) is 0 Å². The predicted molar refractivity (Wildman–Crippen MR) is 97.0 cm³/mol. The van der Waals surface area contributed by atoms with Crippen molar-refractivity contribution in [1.29, 1.82) is 0 Å². The summed E-state index contributed by atoms with van der Waals surface area (Å²) in [6, 6.07) is 9.86. The zero-order chi connectivity index (χ0) is 18.9. The Morgan fingerprint density at radius 2 is 1.92 bits per heavy atom. The molecule has 1 heterocycles. The van der Waals surface area contributed by atoms with Crippen LogP contribution in [0.15, 0.2) is 52.0 Å². The van der Waals surface area contributed by atoms with Crippen LogP contribution in [0.25, 0.3) is 0 Å². The van der Waals surface area contributed by atoms with Crippen molar-refractivity contribution in [1.82, 2.24) is 10.6 Å². The Labute approximate surface area is 155 Å². The van der Waals surface area contributed by atoms with Gasteiger partial charge < -0.3 is 20.2 Å². The Balaban J connectivity index is 1.89. The summed E-state index contributed by atoms with van der Waals surface area (Å²) in [7, 11) is 0.